The third kappa shape index (κ3) is 7.68. The van der Waals surface area contributed by atoms with Gasteiger partial charge >= 0.3 is 18.1 Å². The van der Waals surface area contributed by atoms with E-state index in [0.717, 1.165) is 12.1 Å². The summed E-state index contributed by atoms with van der Waals surface area (Å²) in [7, 11) is 1.33. The van der Waals surface area contributed by atoms with Crippen molar-refractivity contribution in [3.05, 3.63) is 95.1 Å². The number of aromatic hydroxyl groups is 1. The number of rotatable bonds is 5. The largest absolute Gasteiger partial charge is 0.494 e. The van der Waals surface area contributed by atoms with Crippen molar-refractivity contribution in [3.63, 3.8) is 0 Å². The van der Waals surface area contributed by atoms with Crippen LogP contribution in [0, 0.1) is 0 Å². The Kier molecular flexibility index (Phi) is 9.92. The van der Waals surface area contributed by atoms with E-state index >= 15 is 0 Å². The summed E-state index contributed by atoms with van der Waals surface area (Å²) >= 11 is 0. The Hall–Kier alpha value is -5.17. The number of benzene rings is 3. The number of carboxylic acids is 1. The van der Waals surface area contributed by atoms with Crippen LogP contribution in [0.3, 0.4) is 0 Å². The van der Waals surface area contributed by atoms with Crippen LogP contribution < -0.4 is 5.32 Å². The van der Waals surface area contributed by atoms with Crippen LogP contribution in [0.5, 0.6) is 5.88 Å². The number of H-pyrrole nitrogens is 1. The second-order valence-electron chi connectivity index (χ2n) is 10.4. The van der Waals surface area contributed by atoms with Crippen LogP contribution in [-0.2, 0) is 9.53 Å². The minimum atomic E-state index is -5.08. The van der Waals surface area contributed by atoms with Crippen LogP contribution in [0.1, 0.15) is 45.7 Å². The normalized spacial score (nSPS) is 16.9. The minimum absolute atomic E-state index is 0.000320. The summed E-state index contributed by atoms with van der Waals surface area (Å²) in [6.07, 6.45) is -5.08. The van der Waals surface area contributed by atoms with Gasteiger partial charge in [0.15, 0.2) is 5.88 Å². The standard InChI is InChI=1S/C30H30N4O4.C2HF3O2/c1-18-17-34(19(2)16-31-18)29(36)21-9-12-23(13-10-21)32-27(20-7-5-4-6-8-20)26-24-14-11-22(30(37)38-3)15-25(24)33-28(26)35;3-2(4,5)1(6)7/h4-15,18-19,31,33,35H,16-17H2,1-3H3;(H,6,7)/t18-,19+;/m0./s1. The van der Waals surface area contributed by atoms with Crippen molar-refractivity contribution in [3.8, 4) is 5.88 Å². The second kappa shape index (κ2) is 13.6. The summed E-state index contributed by atoms with van der Waals surface area (Å²) in [5, 5.41) is 22.2. The Labute approximate surface area is 256 Å². The van der Waals surface area contributed by atoms with E-state index in [1.54, 1.807) is 30.3 Å². The number of nitrogens with one attached hydrogen (secondary N) is 2. The van der Waals surface area contributed by atoms with Crippen molar-refractivity contribution in [1.82, 2.24) is 15.2 Å². The predicted molar refractivity (Wildman–Crippen MR) is 161 cm³/mol. The van der Waals surface area contributed by atoms with Crippen molar-refractivity contribution < 1.29 is 42.5 Å². The number of alkyl halides is 3. The fourth-order valence-electron chi connectivity index (χ4n) is 4.81. The number of fused-ring (bicyclic) bond motifs is 1. The SMILES string of the molecule is COC(=O)c1ccc2c(C(=Nc3ccc(C(=O)N4C[C@H](C)NC[C@H]4C)cc3)c3ccccc3)c(O)[nH]c2c1.O=C(O)C(F)(F)F. The quantitative estimate of drug-likeness (QED) is 0.175. The molecular formula is C32H31F3N4O6. The van der Waals surface area contributed by atoms with Gasteiger partial charge in [0.05, 0.1) is 29.6 Å². The van der Waals surface area contributed by atoms with E-state index in [4.69, 9.17) is 19.6 Å². The number of halogens is 3. The third-order valence-electron chi connectivity index (χ3n) is 7.11. The maximum Gasteiger partial charge on any atom is 0.490 e. The van der Waals surface area contributed by atoms with Crippen LogP contribution in [-0.4, -0.2) is 82.1 Å². The van der Waals surface area contributed by atoms with Crippen molar-refractivity contribution in [2.45, 2.75) is 32.1 Å². The molecule has 4 N–H and O–H groups in total. The zero-order chi connectivity index (χ0) is 32.9. The van der Waals surface area contributed by atoms with Gasteiger partial charge in [-0.3, -0.25) is 4.79 Å². The number of aliphatic imine (C=N–C) groups is 1. The Bertz CT molecular complexity index is 1720. The van der Waals surface area contributed by atoms with Gasteiger partial charge in [0.1, 0.15) is 0 Å². The highest BCUT2D eigenvalue weighted by Crippen LogP contribution is 2.32. The maximum atomic E-state index is 13.2. The minimum Gasteiger partial charge on any atom is -0.494 e. The molecule has 1 amide bonds. The summed E-state index contributed by atoms with van der Waals surface area (Å²) in [4.78, 5) is 43.8. The number of carboxylic acid groups (broad SMARTS) is 1. The molecule has 2 atom stereocenters. The molecule has 1 aromatic heterocycles. The van der Waals surface area contributed by atoms with Crippen molar-refractivity contribution in [2.24, 2.45) is 4.99 Å². The van der Waals surface area contributed by atoms with E-state index in [9.17, 15) is 27.9 Å². The maximum absolute atomic E-state index is 13.2. The second-order valence-corrected chi connectivity index (χ2v) is 10.4. The van der Waals surface area contributed by atoms with E-state index in [2.05, 4.69) is 17.2 Å². The number of methoxy groups -OCH3 is 1. The number of aliphatic carboxylic acids is 1. The number of carbonyl (C=O) groups excluding carboxylic acids is 2. The van der Waals surface area contributed by atoms with E-state index in [0.29, 0.717) is 45.5 Å². The molecule has 1 aliphatic heterocycles. The molecule has 0 aliphatic carbocycles. The monoisotopic (exact) mass is 624 g/mol. The third-order valence-corrected chi connectivity index (χ3v) is 7.11. The average molecular weight is 625 g/mol. The van der Waals surface area contributed by atoms with Gasteiger partial charge in [-0.05, 0) is 50.2 Å². The van der Waals surface area contributed by atoms with E-state index in [-0.39, 0.29) is 23.9 Å². The molecule has 1 fully saturated rings. The number of piperazine rings is 1. The Morgan fingerprint density at radius 2 is 1.58 bits per heavy atom. The number of ether oxygens (including phenoxy) is 1. The molecule has 0 spiro atoms. The summed E-state index contributed by atoms with van der Waals surface area (Å²) in [6, 6.07) is 22.2. The van der Waals surface area contributed by atoms with Gasteiger partial charge in [0.25, 0.3) is 5.91 Å². The first-order valence-electron chi connectivity index (χ1n) is 13.8. The van der Waals surface area contributed by atoms with Gasteiger partial charge in [-0.1, -0.05) is 36.4 Å². The fourth-order valence-corrected chi connectivity index (χ4v) is 4.81. The number of nitrogens with zero attached hydrogens (tertiary/aromatic N) is 2. The first kappa shape index (κ1) is 32.7. The van der Waals surface area contributed by atoms with Gasteiger partial charge in [0, 0.05) is 47.2 Å². The molecule has 5 rings (SSSR count). The smallest absolute Gasteiger partial charge is 0.490 e. The number of esters is 1. The molecular weight excluding hydrogens is 593 g/mol. The molecule has 10 nitrogen and oxygen atoms in total. The number of hydrogen-bond donors (Lipinski definition) is 4. The van der Waals surface area contributed by atoms with Crippen molar-refractivity contribution in [1.29, 1.82) is 0 Å². The molecule has 13 heteroatoms. The topological polar surface area (TPSA) is 144 Å². The van der Waals surface area contributed by atoms with Gasteiger partial charge in [-0.2, -0.15) is 13.2 Å². The number of amides is 1. The molecule has 45 heavy (non-hydrogen) atoms. The highest BCUT2D eigenvalue weighted by Gasteiger charge is 2.38. The molecule has 2 heterocycles. The average Bonchev–Trinajstić information content (AvgIpc) is 3.35. The molecule has 0 saturated carbocycles. The molecule has 4 aromatic rings. The van der Waals surface area contributed by atoms with Crippen molar-refractivity contribution in [2.75, 3.05) is 20.2 Å². The molecule has 0 radical (unpaired) electrons. The zero-order valence-corrected chi connectivity index (χ0v) is 24.6. The molecule has 3 aromatic carbocycles. The summed E-state index contributed by atoms with van der Waals surface area (Å²) in [5.74, 6) is -3.27. The molecule has 1 aliphatic rings. The highest BCUT2D eigenvalue weighted by atomic mass is 19.4. The summed E-state index contributed by atoms with van der Waals surface area (Å²) < 4.78 is 36.6. The fraction of sp³-hybridized carbons (Fsp3) is 0.250. The molecule has 236 valence electrons. The lowest BCUT2D eigenvalue weighted by molar-refractivity contribution is -0.192. The lowest BCUT2D eigenvalue weighted by Gasteiger charge is -2.37. The zero-order valence-electron chi connectivity index (χ0n) is 24.6. The molecule has 0 bridgehead atoms. The highest BCUT2D eigenvalue weighted by molar-refractivity contribution is 6.22. The Balaban J connectivity index is 0.000000591. The predicted octanol–water partition coefficient (Wildman–Crippen LogP) is 5.28. The number of aromatic nitrogens is 1. The summed E-state index contributed by atoms with van der Waals surface area (Å²) in [5.41, 5.74) is 4.10. The van der Waals surface area contributed by atoms with Gasteiger partial charge < -0.3 is 30.2 Å². The van der Waals surface area contributed by atoms with Gasteiger partial charge in [-0.15, -0.1) is 0 Å². The van der Waals surface area contributed by atoms with Crippen molar-refractivity contribution >= 4 is 40.1 Å². The Morgan fingerprint density at radius 1 is 0.956 bits per heavy atom. The number of carbonyl (C=O) groups is 3. The van der Waals surface area contributed by atoms with E-state index in [1.807, 2.05) is 54.3 Å². The summed E-state index contributed by atoms with van der Waals surface area (Å²) in [6.45, 7) is 5.55. The van der Waals surface area contributed by atoms with Gasteiger partial charge in [-0.25, -0.2) is 14.6 Å². The Morgan fingerprint density at radius 3 is 2.18 bits per heavy atom. The molecule has 0 unspecified atom stereocenters. The number of hydrogen-bond acceptors (Lipinski definition) is 7. The van der Waals surface area contributed by atoms with E-state index in [1.165, 1.54) is 7.11 Å². The van der Waals surface area contributed by atoms with Crippen LogP contribution >= 0.6 is 0 Å². The lowest BCUT2D eigenvalue weighted by atomic mass is 10.00. The first-order valence-corrected chi connectivity index (χ1v) is 13.8. The molecule has 1 saturated heterocycles. The lowest BCUT2D eigenvalue weighted by Crippen LogP contribution is -2.56. The van der Waals surface area contributed by atoms with Crippen LogP contribution in [0.25, 0.3) is 10.9 Å². The first-order chi connectivity index (χ1) is 21.3. The van der Waals surface area contributed by atoms with Crippen LogP contribution in [0.4, 0.5) is 18.9 Å². The van der Waals surface area contributed by atoms with Crippen LogP contribution in [0.15, 0.2) is 77.8 Å². The van der Waals surface area contributed by atoms with Gasteiger partial charge in [0.2, 0.25) is 0 Å². The number of aromatic amines is 1. The van der Waals surface area contributed by atoms with Crippen LogP contribution in [0.2, 0.25) is 0 Å². The van der Waals surface area contributed by atoms with E-state index < -0.39 is 18.1 Å².